The summed E-state index contributed by atoms with van der Waals surface area (Å²) in [7, 11) is 0. The molecule has 0 fully saturated rings. The van der Waals surface area contributed by atoms with Gasteiger partial charge in [-0.1, -0.05) is 0 Å². The normalized spacial score (nSPS) is 13.0. The quantitative estimate of drug-likeness (QED) is 0.276. The third kappa shape index (κ3) is 10.6. The zero-order chi connectivity index (χ0) is 9.07. The number of carbonyl (C=O) groups is 1. The molecule has 0 spiro atoms. The number of hydrogen-bond donors (Lipinski definition) is 0. The van der Waals surface area contributed by atoms with Crippen molar-refractivity contribution in [3.05, 3.63) is 0 Å². The third-order valence-electron chi connectivity index (χ3n) is 0.656. The fourth-order valence-corrected chi connectivity index (χ4v) is 0.719. The summed E-state index contributed by atoms with van der Waals surface area (Å²) in [5, 5.41) is 0. The molecule has 4 nitrogen and oxygen atoms in total. The van der Waals surface area contributed by atoms with Gasteiger partial charge in [-0.25, -0.2) is 0 Å². The fourth-order valence-electron chi connectivity index (χ4n) is 0.467. The Balaban J connectivity index is 0. The van der Waals surface area contributed by atoms with E-state index in [0.717, 1.165) is 0 Å². The van der Waals surface area contributed by atoms with Gasteiger partial charge in [0.05, 0.1) is 0 Å². The summed E-state index contributed by atoms with van der Waals surface area (Å²) in [5.41, 5.74) is -0.615. The first kappa shape index (κ1) is 15.1. The second-order valence-corrected chi connectivity index (χ2v) is 3.93. The van der Waals surface area contributed by atoms with Crippen molar-refractivity contribution in [1.82, 2.24) is 0 Å². The molecule has 12 heavy (non-hydrogen) atoms. The standard InChI is InChI=1S/C6H12O4S.Na/c1-6(2,3)10-5(7)4-11(8)9;/h4H2,1-3H3,(H,8,9);/q;+1/p-1. The number of esters is 1. The van der Waals surface area contributed by atoms with Crippen molar-refractivity contribution < 1.29 is 47.9 Å². The minimum absolute atomic E-state index is 0. The third-order valence-corrected chi connectivity index (χ3v) is 1.13. The van der Waals surface area contributed by atoms with Gasteiger partial charge in [0.2, 0.25) is 0 Å². The summed E-state index contributed by atoms with van der Waals surface area (Å²) in [6.07, 6.45) is 0. The monoisotopic (exact) mass is 202 g/mol. The van der Waals surface area contributed by atoms with E-state index < -0.39 is 28.4 Å². The van der Waals surface area contributed by atoms with Crippen LogP contribution >= 0.6 is 0 Å². The van der Waals surface area contributed by atoms with Crippen LogP contribution in [0, 0.1) is 0 Å². The SMILES string of the molecule is CC(C)(C)OC(=O)CS(=O)[O-].[Na+]. The molecule has 0 aliphatic rings. The molecule has 1 unspecified atom stereocenters. The summed E-state index contributed by atoms with van der Waals surface area (Å²) in [6.45, 7) is 5.04. The van der Waals surface area contributed by atoms with E-state index in [1.165, 1.54) is 0 Å². The zero-order valence-corrected chi connectivity index (χ0v) is 10.6. The molecule has 0 rings (SSSR count). The Morgan fingerprint density at radius 1 is 1.50 bits per heavy atom. The Labute approximate surface area is 96.6 Å². The zero-order valence-electron chi connectivity index (χ0n) is 7.75. The molecule has 0 aliphatic heterocycles. The van der Waals surface area contributed by atoms with Gasteiger partial charge < -0.3 is 9.29 Å². The summed E-state index contributed by atoms with van der Waals surface area (Å²) in [4.78, 5) is 10.7. The van der Waals surface area contributed by atoms with Crippen LogP contribution in [0.3, 0.4) is 0 Å². The molecular weight excluding hydrogens is 191 g/mol. The van der Waals surface area contributed by atoms with Crippen LogP contribution in [-0.2, 0) is 20.6 Å². The Kier molecular flexibility index (Phi) is 7.66. The molecule has 0 aromatic carbocycles. The molecule has 0 N–H and O–H groups in total. The van der Waals surface area contributed by atoms with E-state index in [9.17, 15) is 13.6 Å². The van der Waals surface area contributed by atoms with Gasteiger partial charge in [0, 0.05) is 0 Å². The molecule has 0 aromatic heterocycles. The molecule has 0 radical (unpaired) electrons. The van der Waals surface area contributed by atoms with Gasteiger partial charge in [-0.3, -0.25) is 9.00 Å². The van der Waals surface area contributed by atoms with E-state index in [2.05, 4.69) is 0 Å². The average Bonchev–Trinajstić information content (AvgIpc) is 1.53. The van der Waals surface area contributed by atoms with Gasteiger partial charge in [-0.2, -0.15) is 0 Å². The van der Waals surface area contributed by atoms with E-state index in [1.54, 1.807) is 20.8 Å². The Morgan fingerprint density at radius 3 is 2.17 bits per heavy atom. The number of carbonyl (C=O) groups excluding carboxylic acids is 1. The van der Waals surface area contributed by atoms with Crippen molar-refractivity contribution in [2.24, 2.45) is 0 Å². The second kappa shape index (κ2) is 6.10. The Hall–Kier alpha value is 0.580. The minimum Gasteiger partial charge on any atom is -0.772 e. The van der Waals surface area contributed by atoms with Gasteiger partial charge in [-0.05, 0) is 31.9 Å². The largest absolute Gasteiger partial charge is 1.00 e. The molecule has 0 heterocycles. The van der Waals surface area contributed by atoms with Gasteiger partial charge in [0.15, 0.2) is 0 Å². The molecule has 1 atom stereocenters. The number of hydrogen-bond acceptors (Lipinski definition) is 4. The maximum Gasteiger partial charge on any atom is 1.00 e. The first-order valence-electron chi connectivity index (χ1n) is 3.09. The van der Waals surface area contributed by atoms with Crippen molar-refractivity contribution in [2.45, 2.75) is 26.4 Å². The van der Waals surface area contributed by atoms with Crippen molar-refractivity contribution in [3.63, 3.8) is 0 Å². The fraction of sp³-hybridized carbons (Fsp3) is 0.833. The summed E-state index contributed by atoms with van der Waals surface area (Å²) < 4.78 is 24.7. The minimum atomic E-state index is -2.35. The molecule has 0 aliphatic carbocycles. The van der Waals surface area contributed by atoms with Gasteiger partial charge >= 0.3 is 35.5 Å². The van der Waals surface area contributed by atoms with Crippen molar-refractivity contribution in [1.29, 1.82) is 0 Å². The average molecular weight is 202 g/mol. The second-order valence-electron chi connectivity index (χ2n) is 3.03. The maximum absolute atomic E-state index is 10.7. The molecule has 0 amide bonds. The summed E-state index contributed by atoms with van der Waals surface area (Å²) >= 11 is -2.35. The van der Waals surface area contributed by atoms with E-state index in [1.807, 2.05) is 0 Å². The Morgan fingerprint density at radius 2 is 1.92 bits per heavy atom. The van der Waals surface area contributed by atoms with Crippen LogP contribution in [0.1, 0.15) is 20.8 Å². The first-order chi connectivity index (χ1) is 4.81. The number of ether oxygens (including phenoxy) is 1. The van der Waals surface area contributed by atoms with Gasteiger partial charge in [0.25, 0.3) is 0 Å². The predicted octanol–water partition coefficient (Wildman–Crippen LogP) is -2.79. The summed E-state index contributed by atoms with van der Waals surface area (Å²) in [6, 6.07) is 0. The smallest absolute Gasteiger partial charge is 0.772 e. The van der Waals surface area contributed by atoms with Gasteiger partial charge in [0.1, 0.15) is 11.4 Å². The summed E-state index contributed by atoms with van der Waals surface area (Å²) in [5.74, 6) is -1.29. The first-order valence-corrected chi connectivity index (χ1v) is 4.33. The van der Waals surface area contributed by atoms with Crippen molar-refractivity contribution >= 4 is 17.0 Å². The van der Waals surface area contributed by atoms with E-state index in [0.29, 0.717) is 0 Å². The van der Waals surface area contributed by atoms with Crippen LogP contribution in [0.5, 0.6) is 0 Å². The van der Waals surface area contributed by atoms with E-state index >= 15 is 0 Å². The van der Waals surface area contributed by atoms with Crippen LogP contribution in [0.15, 0.2) is 0 Å². The Bertz CT molecular complexity index is 175. The van der Waals surface area contributed by atoms with Crippen LogP contribution in [0.25, 0.3) is 0 Å². The van der Waals surface area contributed by atoms with Gasteiger partial charge in [-0.15, -0.1) is 0 Å². The molecule has 0 aromatic rings. The molecule has 0 saturated carbocycles. The van der Waals surface area contributed by atoms with Crippen LogP contribution in [-0.4, -0.2) is 26.1 Å². The molecular formula is C6H11NaO4S. The predicted molar refractivity (Wildman–Crippen MR) is 39.6 cm³/mol. The van der Waals surface area contributed by atoms with Crippen molar-refractivity contribution in [3.8, 4) is 0 Å². The number of rotatable bonds is 2. The van der Waals surface area contributed by atoms with Crippen LogP contribution in [0.4, 0.5) is 0 Å². The van der Waals surface area contributed by atoms with Crippen LogP contribution in [0.2, 0.25) is 0 Å². The molecule has 66 valence electrons. The van der Waals surface area contributed by atoms with E-state index in [-0.39, 0.29) is 29.6 Å². The maximum atomic E-state index is 10.7. The molecule has 6 heteroatoms. The van der Waals surface area contributed by atoms with Crippen LogP contribution < -0.4 is 29.6 Å². The van der Waals surface area contributed by atoms with E-state index in [4.69, 9.17) is 4.74 Å². The molecule has 0 saturated heterocycles. The topological polar surface area (TPSA) is 66.4 Å². The van der Waals surface area contributed by atoms with Crippen molar-refractivity contribution in [2.75, 3.05) is 5.75 Å². The molecule has 0 bridgehead atoms.